The normalized spacial score (nSPS) is 37.6. The first kappa shape index (κ1) is 42.4. The third-order valence-corrected chi connectivity index (χ3v) is 17.8. The van der Waals surface area contributed by atoms with Crippen molar-refractivity contribution in [3.63, 3.8) is 0 Å². The minimum absolute atomic E-state index is 0.0294. The van der Waals surface area contributed by atoms with Crippen LogP contribution in [0.4, 0.5) is 0 Å². The maximum Gasteiger partial charge on any atom is 0.306 e. The molecule has 5 aliphatic rings. The Morgan fingerprint density at radius 1 is 0.635 bits per heavy atom. The summed E-state index contributed by atoms with van der Waals surface area (Å²) in [4.78, 5) is 13.2. The van der Waals surface area contributed by atoms with E-state index in [4.69, 9.17) is 4.74 Å². The van der Waals surface area contributed by atoms with Crippen LogP contribution in [0.5, 0.6) is 0 Å². The highest BCUT2D eigenvalue weighted by molar-refractivity contribution is 5.69. The first-order valence-electron chi connectivity index (χ1n) is 23.5. The molecule has 0 heterocycles. The van der Waals surface area contributed by atoms with Gasteiger partial charge < -0.3 is 4.74 Å². The zero-order valence-corrected chi connectivity index (χ0v) is 36.5. The molecule has 0 saturated heterocycles. The monoisotopic (exact) mass is 721 g/mol. The van der Waals surface area contributed by atoms with Crippen molar-refractivity contribution >= 4 is 5.97 Å². The highest BCUT2D eigenvalue weighted by Gasteiger charge is 2.68. The number of esters is 1. The molecule has 0 N–H and O–H groups in total. The van der Waals surface area contributed by atoms with Crippen LogP contribution in [-0.2, 0) is 9.53 Å². The molecule has 2 heteroatoms. The standard InChI is InChI=1S/C50H88O2/c1-10-11-12-13-14-15-16-17-18-19-20-21-22-23-24-25-26-27-44(51)52-43-31-32-48(7)41(46(43,4)5)30-33-50(9)42(48)29-28-39-40-38-45(2,3)34-35-47(40,6)36-37-49(39,50)8/h28,40-43H,10-27,29-38H2,1-9H3/t40-,41+,42-,43+,47-,48+,49-,50-/m1/s1. The lowest BCUT2D eigenvalue weighted by atomic mass is 9.33. The SMILES string of the molecule is CCCCCCCCCCCCCCCCCCCC(=O)O[C@H]1CC[C@]2(C)[C@H]3CC=C4[C@H]5CC(C)(C)CC[C@]5(C)CC[C@@]4(C)[C@]3(C)CC[C@H]2C1(C)C. The van der Waals surface area contributed by atoms with Crippen LogP contribution in [-0.4, -0.2) is 12.1 Å². The predicted molar refractivity (Wildman–Crippen MR) is 223 cm³/mol. The van der Waals surface area contributed by atoms with Crippen molar-refractivity contribution < 1.29 is 9.53 Å². The van der Waals surface area contributed by atoms with Crippen LogP contribution in [0, 0.1) is 50.2 Å². The molecule has 0 aliphatic heterocycles. The highest BCUT2D eigenvalue weighted by atomic mass is 16.5. The number of carbonyl (C=O) groups is 1. The average molecular weight is 721 g/mol. The number of ether oxygens (including phenoxy) is 1. The van der Waals surface area contributed by atoms with Crippen molar-refractivity contribution in [3.8, 4) is 0 Å². The van der Waals surface area contributed by atoms with Crippen molar-refractivity contribution in [3.05, 3.63) is 11.6 Å². The summed E-state index contributed by atoms with van der Waals surface area (Å²) in [5.74, 6) is 2.18. The Bertz CT molecular complexity index is 1180. The van der Waals surface area contributed by atoms with Gasteiger partial charge in [0, 0.05) is 11.8 Å². The minimum atomic E-state index is 0.0294. The van der Waals surface area contributed by atoms with Crippen LogP contribution in [0.1, 0.15) is 242 Å². The fraction of sp³-hybridized carbons (Fsp3) is 0.940. The van der Waals surface area contributed by atoms with Crippen molar-refractivity contribution in [2.75, 3.05) is 0 Å². The zero-order valence-electron chi connectivity index (χ0n) is 36.5. The molecule has 0 aromatic heterocycles. The molecular weight excluding hydrogens is 633 g/mol. The quantitative estimate of drug-likeness (QED) is 0.0754. The van der Waals surface area contributed by atoms with Gasteiger partial charge in [-0.25, -0.2) is 0 Å². The van der Waals surface area contributed by atoms with Crippen LogP contribution in [0.3, 0.4) is 0 Å². The van der Waals surface area contributed by atoms with E-state index in [1.807, 2.05) is 5.57 Å². The molecule has 52 heavy (non-hydrogen) atoms. The van der Waals surface area contributed by atoms with Gasteiger partial charge in [-0.15, -0.1) is 0 Å². The van der Waals surface area contributed by atoms with Gasteiger partial charge in [0.05, 0.1) is 0 Å². The molecule has 4 saturated carbocycles. The second-order valence-corrected chi connectivity index (χ2v) is 22.1. The third-order valence-electron chi connectivity index (χ3n) is 17.8. The van der Waals surface area contributed by atoms with E-state index in [0.29, 0.717) is 39.4 Å². The van der Waals surface area contributed by atoms with Gasteiger partial charge in [0.1, 0.15) is 6.10 Å². The van der Waals surface area contributed by atoms with Gasteiger partial charge in [-0.3, -0.25) is 4.79 Å². The van der Waals surface area contributed by atoms with Gasteiger partial charge >= 0.3 is 5.97 Å². The minimum Gasteiger partial charge on any atom is -0.462 e. The Morgan fingerprint density at radius 2 is 1.17 bits per heavy atom. The van der Waals surface area contributed by atoms with Gasteiger partial charge in [0.2, 0.25) is 0 Å². The number of rotatable bonds is 19. The molecule has 300 valence electrons. The number of fused-ring (bicyclic) bond motifs is 7. The molecule has 0 bridgehead atoms. The number of hydrogen-bond acceptors (Lipinski definition) is 2. The molecule has 5 rings (SSSR count). The number of hydrogen-bond donors (Lipinski definition) is 0. The Labute approximate surface area is 324 Å². The summed E-state index contributed by atoms with van der Waals surface area (Å²) in [6, 6.07) is 0. The summed E-state index contributed by atoms with van der Waals surface area (Å²) in [6.45, 7) is 23.1. The lowest BCUT2D eigenvalue weighted by molar-refractivity contribution is -0.212. The van der Waals surface area contributed by atoms with E-state index in [9.17, 15) is 4.79 Å². The van der Waals surface area contributed by atoms with Crippen LogP contribution < -0.4 is 0 Å². The van der Waals surface area contributed by atoms with E-state index in [1.165, 1.54) is 161 Å². The number of allylic oxidation sites excluding steroid dienone is 2. The summed E-state index contributed by atoms with van der Waals surface area (Å²) >= 11 is 0. The molecule has 0 unspecified atom stereocenters. The van der Waals surface area contributed by atoms with Crippen LogP contribution in [0.25, 0.3) is 0 Å². The van der Waals surface area contributed by atoms with Gasteiger partial charge in [0.25, 0.3) is 0 Å². The second kappa shape index (κ2) is 17.6. The lowest BCUT2D eigenvalue weighted by Crippen LogP contribution is -2.64. The van der Waals surface area contributed by atoms with E-state index in [2.05, 4.69) is 68.4 Å². The fourth-order valence-corrected chi connectivity index (χ4v) is 13.9. The van der Waals surface area contributed by atoms with E-state index in [1.54, 1.807) is 0 Å². The first-order chi connectivity index (χ1) is 24.6. The fourth-order valence-electron chi connectivity index (χ4n) is 13.9. The lowest BCUT2D eigenvalue weighted by Gasteiger charge is -2.71. The highest BCUT2D eigenvalue weighted by Crippen LogP contribution is 2.75. The molecule has 0 radical (unpaired) electrons. The van der Waals surface area contributed by atoms with Crippen molar-refractivity contribution in [2.24, 2.45) is 50.2 Å². The molecule has 4 fully saturated rings. The molecule has 0 aromatic rings. The number of unbranched alkanes of at least 4 members (excludes halogenated alkanes) is 16. The molecule has 0 aromatic carbocycles. The van der Waals surface area contributed by atoms with Crippen molar-refractivity contribution in [1.29, 1.82) is 0 Å². The maximum atomic E-state index is 13.2. The first-order valence-corrected chi connectivity index (χ1v) is 23.5. The van der Waals surface area contributed by atoms with Gasteiger partial charge in [-0.2, -0.15) is 0 Å². The zero-order chi connectivity index (χ0) is 37.7. The molecule has 0 spiro atoms. The topological polar surface area (TPSA) is 26.3 Å². The smallest absolute Gasteiger partial charge is 0.306 e. The van der Waals surface area contributed by atoms with Gasteiger partial charge in [-0.1, -0.05) is 177 Å². The Hall–Kier alpha value is -0.790. The summed E-state index contributed by atoms with van der Waals surface area (Å²) in [5.41, 5.74) is 3.87. The largest absolute Gasteiger partial charge is 0.462 e. The summed E-state index contributed by atoms with van der Waals surface area (Å²) in [6.07, 6.45) is 39.9. The van der Waals surface area contributed by atoms with Crippen LogP contribution in [0.15, 0.2) is 11.6 Å². The van der Waals surface area contributed by atoms with Crippen LogP contribution in [0.2, 0.25) is 0 Å². The Kier molecular flexibility index (Phi) is 14.3. The molecule has 2 nitrogen and oxygen atoms in total. The molecule has 8 atom stereocenters. The summed E-state index contributed by atoms with van der Waals surface area (Å²) in [7, 11) is 0. The molecule has 0 amide bonds. The molecule has 5 aliphatic carbocycles. The van der Waals surface area contributed by atoms with Gasteiger partial charge in [0.15, 0.2) is 0 Å². The van der Waals surface area contributed by atoms with E-state index in [-0.39, 0.29) is 17.5 Å². The van der Waals surface area contributed by atoms with E-state index < -0.39 is 0 Å². The second-order valence-electron chi connectivity index (χ2n) is 22.1. The van der Waals surface area contributed by atoms with E-state index in [0.717, 1.165) is 24.7 Å². The van der Waals surface area contributed by atoms with Crippen molar-refractivity contribution in [2.45, 2.75) is 248 Å². The summed E-state index contributed by atoms with van der Waals surface area (Å²) < 4.78 is 6.44. The Balaban J connectivity index is 1.03. The van der Waals surface area contributed by atoms with Gasteiger partial charge in [-0.05, 0) is 115 Å². The molecular formula is C50H88O2. The van der Waals surface area contributed by atoms with Crippen molar-refractivity contribution in [1.82, 2.24) is 0 Å². The summed E-state index contributed by atoms with van der Waals surface area (Å²) in [5, 5.41) is 0. The van der Waals surface area contributed by atoms with Crippen LogP contribution >= 0.6 is 0 Å². The Morgan fingerprint density at radius 3 is 1.75 bits per heavy atom. The third kappa shape index (κ3) is 8.92. The maximum absolute atomic E-state index is 13.2. The predicted octanol–water partition coefficient (Wildman–Crippen LogP) is 15.8. The number of carbonyl (C=O) groups excluding carboxylic acids is 1. The average Bonchev–Trinajstić information content (AvgIpc) is 3.08. The van der Waals surface area contributed by atoms with E-state index >= 15 is 0 Å².